The molecule has 4 heteroatoms. The zero-order valence-corrected chi connectivity index (χ0v) is 11.7. The van der Waals surface area contributed by atoms with Crippen molar-refractivity contribution >= 4 is 11.8 Å². The van der Waals surface area contributed by atoms with Gasteiger partial charge >= 0.3 is 5.97 Å². The molecule has 0 aliphatic rings. The summed E-state index contributed by atoms with van der Waals surface area (Å²) in [7, 11) is 0. The molecular weight excluding hydrogens is 230 g/mol. The Hall–Kier alpha value is -0.900. The second-order valence-electron chi connectivity index (χ2n) is 5.19. The molecule has 0 aromatic heterocycles. The second-order valence-corrected chi connectivity index (χ2v) is 5.19. The molecule has 1 unspecified atom stereocenters. The average Bonchev–Trinajstić information content (AvgIpc) is 2.28. The Morgan fingerprint density at radius 3 is 2.33 bits per heavy atom. The van der Waals surface area contributed by atoms with Crippen molar-refractivity contribution in [1.29, 1.82) is 0 Å². The summed E-state index contributed by atoms with van der Waals surface area (Å²) in [6.45, 7) is 4.05. The standard InChI is InChI=1S/C14H27NO3/c1-3-4-5-6-7-8-12(16)9-11(2)10-13(15)14(17)18/h11,13H,3-10,15H2,1-2H3,(H,17,18)/t11?,13-/m0/s1. The molecule has 0 rings (SSSR count). The van der Waals surface area contributed by atoms with Crippen LogP contribution in [0.3, 0.4) is 0 Å². The summed E-state index contributed by atoms with van der Waals surface area (Å²) in [5, 5.41) is 8.68. The molecule has 0 amide bonds. The average molecular weight is 257 g/mol. The Balaban J connectivity index is 3.64. The van der Waals surface area contributed by atoms with Crippen molar-refractivity contribution in [2.45, 2.75) is 71.3 Å². The highest BCUT2D eigenvalue weighted by Crippen LogP contribution is 2.13. The molecule has 106 valence electrons. The van der Waals surface area contributed by atoms with Gasteiger partial charge in [-0.1, -0.05) is 39.5 Å². The topological polar surface area (TPSA) is 80.4 Å². The van der Waals surface area contributed by atoms with E-state index in [1.165, 1.54) is 19.3 Å². The number of carbonyl (C=O) groups excluding carboxylic acids is 1. The van der Waals surface area contributed by atoms with Crippen molar-refractivity contribution in [3.05, 3.63) is 0 Å². The molecule has 0 heterocycles. The van der Waals surface area contributed by atoms with Gasteiger partial charge in [0.15, 0.2) is 0 Å². The van der Waals surface area contributed by atoms with Crippen LogP contribution in [-0.2, 0) is 9.59 Å². The Morgan fingerprint density at radius 2 is 1.78 bits per heavy atom. The van der Waals surface area contributed by atoms with Crippen molar-refractivity contribution in [3.8, 4) is 0 Å². The first kappa shape index (κ1) is 17.1. The van der Waals surface area contributed by atoms with Crippen LogP contribution >= 0.6 is 0 Å². The first-order valence-electron chi connectivity index (χ1n) is 6.97. The van der Waals surface area contributed by atoms with Crippen LogP contribution in [0.15, 0.2) is 0 Å². The van der Waals surface area contributed by atoms with E-state index < -0.39 is 12.0 Å². The van der Waals surface area contributed by atoms with Crippen LogP contribution in [0.5, 0.6) is 0 Å². The molecule has 0 aliphatic heterocycles. The van der Waals surface area contributed by atoms with E-state index in [4.69, 9.17) is 10.8 Å². The van der Waals surface area contributed by atoms with Crippen LogP contribution in [0, 0.1) is 5.92 Å². The van der Waals surface area contributed by atoms with E-state index in [1.54, 1.807) is 0 Å². The predicted molar refractivity (Wildman–Crippen MR) is 72.4 cm³/mol. The van der Waals surface area contributed by atoms with Gasteiger partial charge in [0.25, 0.3) is 0 Å². The summed E-state index contributed by atoms with van der Waals surface area (Å²) in [5.41, 5.74) is 5.44. The molecule has 3 N–H and O–H groups in total. The quantitative estimate of drug-likeness (QED) is 0.558. The minimum Gasteiger partial charge on any atom is -0.480 e. The molecule has 4 nitrogen and oxygen atoms in total. The van der Waals surface area contributed by atoms with E-state index in [2.05, 4.69) is 6.92 Å². The number of carboxylic acid groups (broad SMARTS) is 1. The van der Waals surface area contributed by atoms with Crippen molar-refractivity contribution in [2.75, 3.05) is 0 Å². The van der Waals surface area contributed by atoms with E-state index in [-0.39, 0.29) is 11.7 Å². The Morgan fingerprint density at radius 1 is 1.17 bits per heavy atom. The number of hydrogen-bond acceptors (Lipinski definition) is 3. The molecule has 0 bridgehead atoms. The van der Waals surface area contributed by atoms with Gasteiger partial charge in [0.2, 0.25) is 0 Å². The lowest BCUT2D eigenvalue weighted by atomic mass is 9.95. The lowest BCUT2D eigenvalue weighted by Gasteiger charge is -2.13. The minimum absolute atomic E-state index is 0.0549. The monoisotopic (exact) mass is 257 g/mol. The number of Topliss-reactive ketones (excluding diaryl/α,β-unsaturated/α-hetero) is 1. The van der Waals surface area contributed by atoms with Gasteiger partial charge in [-0.3, -0.25) is 9.59 Å². The third kappa shape index (κ3) is 9.16. The van der Waals surface area contributed by atoms with E-state index in [9.17, 15) is 9.59 Å². The van der Waals surface area contributed by atoms with Gasteiger partial charge in [0.05, 0.1) is 0 Å². The molecular formula is C14H27NO3. The maximum Gasteiger partial charge on any atom is 0.320 e. The highest BCUT2D eigenvalue weighted by molar-refractivity contribution is 5.78. The molecule has 18 heavy (non-hydrogen) atoms. The lowest BCUT2D eigenvalue weighted by molar-refractivity contribution is -0.139. The molecule has 0 aliphatic carbocycles. The SMILES string of the molecule is CCCCCCCC(=O)CC(C)C[C@H](N)C(=O)O. The fourth-order valence-electron chi connectivity index (χ4n) is 2.03. The molecule has 0 aromatic rings. The summed E-state index contributed by atoms with van der Waals surface area (Å²) in [4.78, 5) is 22.2. The smallest absolute Gasteiger partial charge is 0.320 e. The molecule has 0 spiro atoms. The first-order chi connectivity index (χ1) is 8.47. The largest absolute Gasteiger partial charge is 0.480 e. The van der Waals surface area contributed by atoms with Gasteiger partial charge in [-0.05, 0) is 18.8 Å². The maximum absolute atomic E-state index is 11.6. The number of carbonyl (C=O) groups is 2. The molecule has 0 radical (unpaired) electrons. The maximum atomic E-state index is 11.6. The highest BCUT2D eigenvalue weighted by Gasteiger charge is 2.17. The highest BCUT2D eigenvalue weighted by atomic mass is 16.4. The Bertz CT molecular complexity index is 253. The number of carboxylic acids is 1. The molecule has 2 atom stereocenters. The number of rotatable bonds is 11. The number of hydrogen-bond donors (Lipinski definition) is 2. The summed E-state index contributed by atoms with van der Waals surface area (Å²) < 4.78 is 0. The molecule has 0 fully saturated rings. The van der Waals surface area contributed by atoms with Crippen molar-refractivity contribution in [1.82, 2.24) is 0 Å². The summed E-state index contributed by atoms with van der Waals surface area (Å²) in [6.07, 6.45) is 7.15. The van der Waals surface area contributed by atoms with Gasteiger partial charge < -0.3 is 10.8 Å². The van der Waals surface area contributed by atoms with Crippen LogP contribution in [0.1, 0.15) is 65.2 Å². The van der Waals surface area contributed by atoms with Crippen LogP contribution in [0.25, 0.3) is 0 Å². The molecule has 0 saturated heterocycles. The van der Waals surface area contributed by atoms with E-state index >= 15 is 0 Å². The Kier molecular flexibility index (Phi) is 9.56. The van der Waals surface area contributed by atoms with Gasteiger partial charge in [0, 0.05) is 12.8 Å². The number of ketones is 1. The van der Waals surface area contributed by atoms with Crippen LogP contribution < -0.4 is 5.73 Å². The third-order valence-electron chi connectivity index (χ3n) is 3.11. The fraction of sp³-hybridized carbons (Fsp3) is 0.857. The van der Waals surface area contributed by atoms with Gasteiger partial charge in [0.1, 0.15) is 11.8 Å². The minimum atomic E-state index is -0.992. The zero-order valence-electron chi connectivity index (χ0n) is 11.7. The Labute approximate surface area is 110 Å². The second kappa shape index (κ2) is 10.1. The van der Waals surface area contributed by atoms with Gasteiger partial charge in [-0.25, -0.2) is 0 Å². The normalized spacial score (nSPS) is 14.2. The summed E-state index contributed by atoms with van der Waals surface area (Å²) in [5.74, 6) is -0.704. The number of aliphatic carboxylic acids is 1. The first-order valence-corrected chi connectivity index (χ1v) is 6.97. The number of nitrogens with two attached hydrogens (primary N) is 1. The van der Waals surface area contributed by atoms with Crippen LogP contribution in [0.2, 0.25) is 0 Å². The number of unbranched alkanes of at least 4 members (excludes halogenated alkanes) is 4. The fourth-order valence-corrected chi connectivity index (χ4v) is 2.03. The van der Waals surface area contributed by atoms with Crippen molar-refractivity contribution in [2.24, 2.45) is 11.7 Å². The summed E-state index contributed by atoms with van der Waals surface area (Å²) >= 11 is 0. The third-order valence-corrected chi connectivity index (χ3v) is 3.11. The van der Waals surface area contributed by atoms with Gasteiger partial charge in [-0.2, -0.15) is 0 Å². The van der Waals surface area contributed by atoms with Crippen molar-refractivity contribution < 1.29 is 14.7 Å². The van der Waals surface area contributed by atoms with E-state index in [0.717, 1.165) is 12.8 Å². The lowest BCUT2D eigenvalue weighted by Crippen LogP contribution is -2.32. The van der Waals surface area contributed by atoms with Crippen LogP contribution in [-0.4, -0.2) is 22.9 Å². The van der Waals surface area contributed by atoms with E-state index in [1.807, 2.05) is 6.92 Å². The molecule has 0 saturated carbocycles. The van der Waals surface area contributed by atoms with Crippen LogP contribution in [0.4, 0.5) is 0 Å². The van der Waals surface area contributed by atoms with Crippen molar-refractivity contribution in [3.63, 3.8) is 0 Å². The predicted octanol–water partition coefficient (Wildman–Crippen LogP) is 2.74. The summed E-state index contributed by atoms with van der Waals surface area (Å²) in [6, 6.07) is -0.850. The zero-order chi connectivity index (χ0) is 14.0. The van der Waals surface area contributed by atoms with Gasteiger partial charge in [-0.15, -0.1) is 0 Å². The van der Waals surface area contributed by atoms with E-state index in [0.29, 0.717) is 19.3 Å². The molecule has 0 aromatic carbocycles.